The lowest BCUT2D eigenvalue weighted by atomic mass is 9.81. The summed E-state index contributed by atoms with van der Waals surface area (Å²) < 4.78 is 0. The van der Waals surface area contributed by atoms with Gasteiger partial charge in [0, 0.05) is 50.4 Å². The smallest absolute Gasteiger partial charge is 0.233 e. The predicted molar refractivity (Wildman–Crippen MR) is 112 cm³/mol. The number of rotatable bonds is 5. The minimum atomic E-state index is -0.153. The van der Waals surface area contributed by atoms with Gasteiger partial charge < -0.3 is 9.80 Å². The van der Waals surface area contributed by atoms with Gasteiger partial charge in [0.25, 0.3) is 0 Å². The Bertz CT molecular complexity index is 819. The van der Waals surface area contributed by atoms with Gasteiger partial charge in [0.15, 0.2) is 5.78 Å². The van der Waals surface area contributed by atoms with Gasteiger partial charge in [-0.2, -0.15) is 0 Å². The van der Waals surface area contributed by atoms with E-state index in [9.17, 15) is 19.2 Å². The second-order valence-corrected chi connectivity index (χ2v) is 8.55. The number of anilines is 1. The average Bonchev–Trinajstić information content (AvgIpc) is 3.02. The lowest BCUT2D eigenvalue weighted by molar-refractivity contribution is -0.140. The molecule has 7 nitrogen and oxygen atoms in total. The number of Topliss-reactive ketones (excluding diaryl/α,β-unsaturated/α-hetero) is 1. The molecule has 3 fully saturated rings. The number of benzene rings is 1. The number of hydrogen-bond acceptors (Lipinski definition) is 5. The van der Waals surface area contributed by atoms with Crippen LogP contribution in [0.4, 0.5) is 5.69 Å². The van der Waals surface area contributed by atoms with Crippen molar-refractivity contribution in [1.29, 1.82) is 0 Å². The Labute approximate surface area is 177 Å². The van der Waals surface area contributed by atoms with Gasteiger partial charge in [0.2, 0.25) is 17.7 Å². The van der Waals surface area contributed by atoms with Crippen LogP contribution in [0.1, 0.15) is 49.4 Å². The number of piperazine rings is 1. The van der Waals surface area contributed by atoms with Crippen molar-refractivity contribution in [3.8, 4) is 0 Å². The van der Waals surface area contributed by atoms with Crippen molar-refractivity contribution < 1.29 is 19.2 Å². The SMILES string of the molecule is CC(=O)c1ccc(N2CCN(C(=O)CCN3C(=O)[C@H]4CCCC[C@@H]4C3=O)CC2)cc1. The second-order valence-electron chi connectivity index (χ2n) is 8.55. The largest absolute Gasteiger partial charge is 0.368 e. The molecule has 0 aromatic heterocycles. The molecule has 1 aliphatic carbocycles. The van der Waals surface area contributed by atoms with Crippen molar-refractivity contribution in [2.24, 2.45) is 11.8 Å². The van der Waals surface area contributed by atoms with Crippen LogP contribution >= 0.6 is 0 Å². The van der Waals surface area contributed by atoms with Crippen LogP contribution < -0.4 is 4.90 Å². The minimum absolute atomic E-state index is 0.00273. The predicted octanol–water partition coefficient (Wildman–Crippen LogP) is 2.10. The number of ketones is 1. The van der Waals surface area contributed by atoms with Crippen LogP contribution in [0.3, 0.4) is 0 Å². The molecule has 7 heteroatoms. The Morgan fingerprint density at radius 2 is 1.47 bits per heavy atom. The Kier molecular flexibility index (Phi) is 5.88. The molecule has 160 valence electrons. The summed E-state index contributed by atoms with van der Waals surface area (Å²) in [5, 5.41) is 0. The van der Waals surface area contributed by atoms with E-state index in [0.29, 0.717) is 18.7 Å². The maximum Gasteiger partial charge on any atom is 0.233 e. The van der Waals surface area contributed by atoms with E-state index >= 15 is 0 Å². The minimum Gasteiger partial charge on any atom is -0.368 e. The van der Waals surface area contributed by atoms with Crippen LogP contribution in [-0.4, -0.2) is 66.0 Å². The Balaban J connectivity index is 1.27. The van der Waals surface area contributed by atoms with Crippen LogP contribution in [0.25, 0.3) is 0 Å². The highest BCUT2D eigenvalue weighted by atomic mass is 16.2. The van der Waals surface area contributed by atoms with E-state index in [-0.39, 0.29) is 48.3 Å². The Morgan fingerprint density at radius 3 is 2.00 bits per heavy atom. The van der Waals surface area contributed by atoms with Gasteiger partial charge in [0.05, 0.1) is 11.8 Å². The number of amides is 3. The molecular weight excluding hydrogens is 382 g/mol. The highest BCUT2D eigenvalue weighted by Crippen LogP contribution is 2.38. The van der Waals surface area contributed by atoms with Gasteiger partial charge in [-0.3, -0.25) is 24.1 Å². The van der Waals surface area contributed by atoms with E-state index in [1.165, 1.54) is 4.90 Å². The van der Waals surface area contributed by atoms with Crippen molar-refractivity contribution in [3.63, 3.8) is 0 Å². The zero-order valence-electron chi connectivity index (χ0n) is 17.5. The number of nitrogens with zero attached hydrogens (tertiary/aromatic N) is 3. The Hall–Kier alpha value is -2.70. The molecular formula is C23H29N3O4. The summed E-state index contributed by atoms with van der Waals surface area (Å²) in [6, 6.07) is 7.55. The molecule has 1 saturated carbocycles. The van der Waals surface area contributed by atoms with Crippen molar-refractivity contribution >= 4 is 29.2 Å². The normalized spacial score (nSPS) is 24.2. The van der Waals surface area contributed by atoms with E-state index in [4.69, 9.17) is 0 Å². The average molecular weight is 412 g/mol. The highest BCUT2D eigenvalue weighted by Gasteiger charge is 2.47. The van der Waals surface area contributed by atoms with Gasteiger partial charge in [-0.25, -0.2) is 0 Å². The fourth-order valence-corrected chi connectivity index (χ4v) is 4.94. The highest BCUT2D eigenvalue weighted by molar-refractivity contribution is 6.05. The monoisotopic (exact) mass is 411 g/mol. The zero-order chi connectivity index (χ0) is 21.3. The van der Waals surface area contributed by atoms with E-state index < -0.39 is 0 Å². The van der Waals surface area contributed by atoms with Crippen molar-refractivity contribution in [3.05, 3.63) is 29.8 Å². The maximum atomic E-state index is 12.7. The zero-order valence-corrected chi connectivity index (χ0v) is 17.5. The molecule has 1 aromatic carbocycles. The maximum absolute atomic E-state index is 12.7. The Morgan fingerprint density at radius 1 is 0.900 bits per heavy atom. The van der Waals surface area contributed by atoms with Crippen LogP contribution in [-0.2, 0) is 14.4 Å². The van der Waals surface area contributed by atoms with Gasteiger partial charge in [-0.1, -0.05) is 12.8 Å². The third-order valence-corrected chi connectivity index (χ3v) is 6.75. The van der Waals surface area contributed by atoms with Crippen LogP contribution in [0.2, 0.25) is 0 Å². The molecule has 0 spiro atoms. The number of carbonyl (C=O) groups excluding carboxylic acids is 4. The summed E-state index contributed by atoms with van der Waals surface area (Å²) >= 11 is 0. The van der Waals surface area contributed by atoms with E-state index in [1.807, 2.05) is 29.2 Å². The van der Waals surface area contributed by atoms with E-state index in [2.05, 4.69) is 4.90 Å². The van der Waals surface area contributed by atoms with Gasteiger partial charge in [-0.15, -0.1) is 0 Å². The fraction of sp³-hybridized carbons (Fsp3) is 0.565. The van der Waals surface area contributed by atoms with E-state index in [0.717, 1.165) is 44.5 Å². The number of carbonyl (C=O) groups is 4. The molecule has 2 saturated heterocycles. The first-order chi connectivity index (χ1) is 14.5. The van der Waals surface area contributed by atoms with Crippen LogP contribution in [0.5, 0.6) is 0 Å². The van der Waals surface area contributed by atoms with Crippen molar-refractivity contribution in [2.45, 2.75) is 39.0 Å². The lowest BCUT2D eigenvalue weighted by Gasteiger charge is -2.36. The number of fused-ring (bicyclic) bond motifs is 1. The molecule has 1 aromatic rings. The third-order valence-electron chi connectivity index (χ3n) is 6.75. The molecule has 30 heavy (non-hydrogen) atoms. The molecule has 0 bridgehead atoms. The lowest BCUT2D eigenvalue weighted by Crippen LogP contribution is -2.49. The number of imide groups is 1. The van der Waals surface area contributed by atoms with Gasteiger partial charge in [-0.05, 0) is 44.0 Å². The summed E-state index contributed by atoms with van der Waals surface area (Å²) in [5.74, 6) is -0.408. The fourth-order valence-electron chi connectivity index (χ4n) is 4.94. The van der Waals surface area contributed by atoms with Crippen LogP contribution in [0, 0.1) is 11.8 Å². The first-order valence-corrected chi connectivity index (χ1v) is 10.9. The van der Waals surface area contributed by atoms with Crippen molar-refractivity contribution in [1.82, 2.24) is 9.80 Å². The number of hydrogen-bond donors (Lipinski definition) is 0. The first-order valence-electron chi connectivity index (χ1n) is 10.9. The van der Waals surface area contributed by atoms with Gasteiger partial charge in [0.1, 0.15) is 0 Å². The molecule has 2 atom stereocenters. The molecule has 0 unspecified atom stereocenters. The molecule has 0 radical (unpaired) electrons. The quantitative estimate of drug-likeness (QED) is 0.548. The topological polar surface area (TPSA) is 78.0 Å². The molecule has 2 heterocycles. The molecule has 0 N–H and O–H groups in total. The van der Waals surface area contributed by atoms with Crippen LogP contribution in [0.15, 0.2) is 24.3 Å². The second kappa shape index (κ2) is 8.58. The standard InChI is InChI=1S/C23H29N3O4/c1-16(27)17-6-8-18(9-7-17)24-12-14-25(15-13-24)21(28)10-11-26-22(29)19-4-2-3-5-20(19)23(26)30/h6-9,19-20H,2-5,10-15H2,1H3/t19-,20-/m0/s1. The summed E-state index contributed by atoms with van der Waals surface area (Å²) in [4.78, 5) is 54.6. The molecule has 3 amide bonds. The third kappa shape index (κ3) is 3.98. The van der Waals surface area contributed by atoms with Crippen molar-refractivity contribution in [2.75, 3.05) is 37.6 Å². The summed E-state index contributed by atoms with van der Waals surface area (Å²) in [7, 11) is 0. The van der Waals surface area contributed by atoms with E-state index in [1.54, 1.807) is 6.92 Å². The molecule has 4 rings (SSSR count). The molecule has 3 aliphatic rings. The number of likely N-dealkylation sites (tertiary alicyclic amines) is 1. The molecule has 2 aliphatic heterocycles. The summed E-state index contributed by atoms with van der Waals surface area (Å²) in [5.41, 5.74) is 1.74. The summed E-state index contributed by atoms with van der Waals surface area (Å²) in [6.07, 6.45) is 3.82. The first kappa shape index (κ1) is 20.6. The summed E-state index contributed by atoms with van der Waals surface area (Å²) in [6.45, 7) is 4.42. The van der Waals surface area contributed by atoms with Gasteiger partial charge >= 0.3 is 0 Å².